The first-order chi connectivity index (χ1) is 14.9. The highest BCUT2D eigenvalue weighted by atomic mass is 79.9. The molecule has 2 aromatic carbocycles. The lowest BCUT2D eigenvalue weighted by Crippen LogP contribution is -2.17. The van der Waals surface area contributed by atoms with Crippen LogP contribution in [0.15, 0.2) is 71.1 Å². The van der Waals surface area contributed by atoms with E-state index in [2.05, 4.69) is 55.4 Å². The number of aryl methyl sites for hydroxylation is 1. The molecule has 156 valence electrons. The summed E-state index contributed by atoms with van der Waals surface area (Å²) in [5.74, 6) is 1.67. The molecule has 31 heavy (non-hydrogen) atoms. The Morgan fingerprint density at radius 2 is 1.68 bits per heavy atom. The van der Waals surface area contributed by atoms with Gasteiger partial charge in [0, 0.05) is 24.1 Å². The van der Waals surface area contributed by atoms with Crippen molar-refractivity contribution < 1.29 is 0 Å². The smallest absolute Gasteiger partial charge is 0.177 e. The first-order valence-corrected chi connectivity index (χ1v) is 11.1. The maximum Gasteiger partial charge on any atom is 0.177 e. The SMILES string of the molecule is Br.N#C/C(=C1/SC=C(c2ccccc2)N1c1ccccc1)c1nnc2n1CCCCC2. The number of nitrogens with zero attached hydrogens (tertiary/aromatic N) is 5. The van der Waals surface area contributed by atoms with Gasteiger partial charge in [-0.15, -0.1) is 27.2 Å². The third-order valence-corrected chi connectivity index (χ3v) is 6.42. The number of aromatic nitrogens is 3. The van der Waals surface area contributed by atoms with Crippen LogP contribution in [-0.2, 0) is 13.0 Å². The van der Waals surface area contributed by atoms with Gasteiger partial charge in [-0.2, -0.15) is 5.26 Å². The predicted molar refractivity (Wildman–Crippen MR) is 131 cm³/mol. The maximum atomic E-state index is 10.2. The molecule has 0 saturated heterocycles. The van der Waals surface area contributed by atoms with E-state index in [1.165, 1.54) is 6.42 Å². The molecule has 0 amide bonds. The Bertz CT molecular complexity index is 1160. The molecule has 0 atom stereocenters. The third-order valence-electron chi connectivity index (χ3n) is 5.47. The molecule has 0 N–H and O–H groups in total. The fourth-order valence-electron chi connectivity index (χ4n) is 4.00. The molecule has 3 heterocycles. The molecule has 0 radical (unpaired) electrons. The number of nitriles is 1. The summed E-state index contributed by atoms with van der Waals surface area (Å²) in [6, 6.07) is 22.9. The molecule has 0 spiro atoms. The lowest BCUT2D eigenvalue weighted by Gasteiger charge is -2.24. The second-order valence-corrected chi connectivity index (χ2v) is 8.21. The Morgan fingerprint density at radius 3 is 2.42 bits per heavy atom. The number of hydrogen-bond acceptors (Lipinski definition) is 5. The summed E-state index contributed by atoms with van der Waals surface area (Å²) in [4.78, 5) is 2.16. The highest BCUT2D eigenvalue weighted by Gasteiger charge is 2.30. The van der Waals surface area contributed by atoms with E-state index in [-0.39, 0.29) is 17.0 Å². The minimum atomic E-state index is 0. The zero-order valence-corrected chi connectivity index (χ0v) is 19.5. The quantitative estimate of drug-likeness (QED) is 0.418. The van der Waals surface area contributed by atoms with E-state index >= 15 is 0 Å². The van der Waals surface area contributed by atoms with Crippen LogP contribution >= 0.6 is 28.7 Å². The lowest BCUT2D eigenvalue weighted by molar-refractivity contribution is 0.627. The largest absolute Gasteiger partial charge is 0.310 e. The number of hydrogen-bond donors (Lipinski definition) is 0. The van der Waals surface area contributed by atoms with Crippen LogP contribution in [-0.4, -0.2) is 14.8 Å². The molecule has 7 heteroatoms. The van der Waals surface area contributed by atoms with Crippen molar-refractivity contribution in [1.29, 1.82) is 5.26 Å². The van der Waals surface area contributed by atoms with Gasteiger partial charge >= 0.3 is 0 Å². The molecule has 1 aromatic heterocycles. The fourth-order valence-corrected chi connectivity index (χ4v) is 5.03. The van der Waals surface area contributed by atoms with Crippen LogP contribution in [0.1, 0.15) is 36.5 Å². The van der Waals surface area contributed by atoms with Crippen LogP contribution in [0.2, 0.25) is 0 Å². The van der Waals surface area contributed by atoms with Crippen molar-refractivity contribution in [3.05, 3.63) is 88.3 Å². The fraction of sp³-hybridized carbons (Fsp3) is 0.208. The van der Waals surface area contributed by atoms with Crippen molar-refractivity contribution >= 4 is 45.7 Å². The molecule has 0 saturated carbocycles. The number of allylic oxidation sites excluding steroid dienone is 1. The number of halogens is 1. The summed E-state index contributed by atoms with van der Waals surface area (Å²) in [5.41, 5.74) is 3.77. The number of fused-ring (bicyclic) bond motifs is 1. The lowest BCUT2D eigenvalue weighted by atomic mass is 10.1. The van der Waals surface area contributed by atoms with Crippen molar-refractivity contribution in [1.82, 2.24) is 14.8 Å². The van der Waals surface area contributed by atoms with Crippen LogP contribution in [0.25, 0.3) is 11.3 Å². The minimum absolute atomic E-state index is 0. The van der Waals surface area contributed by atoms with Gasteiger partial charge in [0.05, 0.1) is 5.70 Å². The molecule has 0 unspecified atom stereocenters. The maximum absolute atomic E-state index is 10.2. The van der Waals surface area contributed by atoms with Crippen LogP contribution in [0.3, 0.4) is 0 Å². The zero-order valence-electron chi connectivity index (χ0n) is 16.9. The van der Waals surface area contributed by atoms with Crippen molar-refractivity contribution in [3.63, 3.8) is 0 Å². The average Bonchev–Trinajstić information content (AvgIpc) is 3.33. The average molecular weight is 492 g/mol. The van der Waals surface area contributed by atoms with Crippen LogP contribution < -0.4 is 4.90 Å². The summed E-state index contributed by atoms with van der Waals surface area (Å²) >= 11 is 1.57. The third kappa shape index (κ3) is 4.06. The molecule has 0 bridgehead atoms. The molecule has 2 aliphatic heterocycles. The molecule has 3 aromatic rings. The summed E-state index contributed by atoms with van der Waals surface area (Å²) in [7, 11) is 0. The number of rotatable bonds is 3. The second-order valence-electron chi connectivity index (χ2n) is 7.35. The van der Waals surface area contributed by atoms with E-state index in [1.54, 1.807) is 11.8 Å². The summed E-state index contributed by atoms with van der Waals surface area (Å²) in [6.07, 6.45) is 4.33. The molecular weight excluding hydrogens is 470 g/mol. The van der Waals surface area contributed by atoms with Crippen molar-refractivity contribution in [3.8, 4) is 6.07 Å². The van der Waals surface area contributed by atoms with Gasteiger partial charge in [0.15, 0.2) is 5.82 Å². The van der Waals surface area contributed by atoms with Crippen molar-refractivity contribution in [2.24, 2.45) is 0 Å². The zero-order chi connectivity index (χ0) is 20.3. The number of para-hydroxylation sites is 1. The highest BCUT2D eigenvalue weighted by Crippen LogP contribution is 2.45. The molecule has 0 aliphatic carbocycles. The Hall–Kier alpha value is -2.82. The van der Waals surface area contributed by atoms with Gasteiger partial charge in [-0.3, -0.25) is 0 Å². The van der Waals surface area contributed by atoms with Crippen LogP contribution in [0.5, 0.6) is 0 Å². The molecule has 0 fully saturated rings. The first kappa shape index (κ1) is 21.4. The van der Waals surface area contributed by atoms with Gasteiger partial charge in [0.1, 0.15) is 22.5 Å². The summed E-state index contributed by atoms with van der Waals surface area (Å²) in [6.45, 7) is 0.866. The summed E-state index contributed by atoms with van der Waals surface area (Å²) < 4.78 is 2.14. The highest BCUT2D eigenvalue weighted by molar-refractivity contribution is 8.93. The van der Waals surface area contributed by atoms with Crippen LogP contribution in [0, 0.1) is 11.3 Å². The Balaban J connectivity index is 0.00000231. The number of benzene rings is 2. The van der Waals surface area contributed by atoms with E-state index < -0.39 is 0 Å². The Kier molecular flexibility index (Phi) is 6.59. The van der Waals surface area contributed by atoms with Gasteiger partial charge in [-0.05, 0) is 30.5 Å². The van der Waals surface area contributed by atoms with Crippen molar-refractivity contribution in [2.75, 3.05) is 4.90 Å². The van der Waals surface area contributed by atoms with E-state index in [0.29, 0.717) is 11.4 Å². The van der Waals surface area contributed by atoms with Gasteiger partial charge < -0.3 is 9.47 Å². The molecule has 2 aliphatic rings. The van der Waals surface area contributed by atoms with Gasteiger partial charge in [-0.1, -0.05) is 66.7 Å². The molecular formula is C24H22BrN5S. The Morgan fingerprint density at radius 1 is 0.935 bits per heavy atom. The summed E-state index contributed by atoms with van der Waals surface area (Å²) in [5, 5.41) is 22.1. The standard InChI is InChI=1S/C24H21N5S.BrH/c25-16-20(23-27-26-22-14-8-3-9-15-28(22)23)24-29(19-12-6-2-7-13-19)21(17-30-24)18-10-4-1-5-11-18;/h1-2,4-7,10-13,17H,3,8-9,14-15H2;1H/b24-20-;. The normalized spacial score (nSPS) is 17.1. The van der Waals surface area contributed by atoms with Gasteiger partial charge in [-0.25, -0.2) is 0 Å². The van der Waals surface area contributed by atoms with E-state index in [1.807, 2.05) is 36.4 Å². The minimum Gasteiger partial charge on any atom is -0.310 e. The number of thioether (sulfide) groups is 1. The Labute approximate surface area is 196 Å². The topological polar surface area (TPSA) is 57.7 Å². The van der Waals surface area contributed by atoms with Gasteiger partial charge in [0.2, 0.25) is 0 Å². The second kappa shape index (κ2) is 9.54. The first-order valence-electron chi connectivity index (χ1n) is 10.2. The molecule has 5 rings (SSSR count). The molecule has 5 nitrogen and oxygen atoms in total. The van der Waals surface area contributed by atoms with E-state index in [0.717, 1.165) is 53.6 Å². The van der Waals surface area contributed by atoms with Crippen LogP contribution in [0.4, 0.5) is 5.69 Å². The van der Waals surface area contributed by atoms with Crippen molar-refractivity contribution in [2.45, 2.75) is 32.2 Å². The number of anilines is 1. The van der Waals surface area contributed by atoms with E-state index in [9.17, 15) is 5.26 Å². The monoisotopic (exact) mass is 491 g/mol. The van der Waals surface area contributed by atoms with E-state index in [4.69, 9.17) is 0 Å². The predicted octanol–water partition coefficient (Wildman–Crippen LogP) is 6.03. The van der Waals surface area contributed by atoms with Gasteiger partial charge in [0.25, 0.3) is 0 Å².